The number of hydroxylamine groups is 1. The molecule has 0 saturated carbocycles. The van der Waals surface area contributed by atoms with Gasteiger partial charge in [-0.3, -0.25) is 19.4 Å². The first kappa shape index (κ1) is 17.8. The first-order chi connectivity index (χ1) is 14.1. The van der Waals surface area contributed by atoms with E-state index in [9.17, 15) is 9.59 Å². The van der Waals surface area contributed by atoms with E-state index in [4.69, 9.17) is 16.4 Å². The topological polar surface area (TPSA) is 62.7 Å². The van der Waals surface area contributed by atoms with E-state index in [1.165, 1.54) is 4.90 Å². The van der Waals surface area contributed by atoms with Crippen molar-refractivity contribution in [2.24, 2.45) is 5.92 Å². The summed E-state index contributed by atoms with van der Waals surface area (Å²) in [7, 11) is 0. The fourth-order valence-corrected chi connectivity index (χ4v) is 4.07. The Morgan fingerprint density at radius 1 is 0.862 bits per heavy atom. The molecule has 2 aliphatic rings. The number of rotatable bonds is 3. The van der Waals surface area contributed by atoms with Gasteiger partial charge in [0.05, 0.1) is 17.4 Å². The van der Waals surface area contributed by atoms with Gasteiger partial charge in [-0.15, -0.1) is 0 Å². The molecule has 0 radical (unpaired) electrons. The first-order valence-corrected chi connectivity index (χ1v) is 9.57. The summed E-state index contributed by atoms with van der Waals surface area (Å²) in [6, 6.07) is 19.2. The number of para-hydroxylation sites is 1. The Hall–Kier alpha value is -3.22. The number of benzene rings is 2. The van der Waals surface area contributed by atoms with E-state index in [-0.39, 0.29) is 11.8 Å². The number of aromatic nitrogens is 1. The molecule has 7 heteroatoms. The molecule has 2 aromatic carbocycles. The van der Waals surface area contributed by atoms with Gasteiger partial charge in [0.1, 0.15) is 5.92 Å². The zero-order valence-corrected chi connectivity index (χ0v) is 15.9. The van der Waals surface area contributed by atoms with E-state index < -0.39 is 18.1 Å². The highest BCUT2D eigenvalue weighted by Crippen LogP contribution is 2.47. The molecule has 0 bridgehead atoms. The molecule has 1 aromatic heterocycles. The molecule has 0 spiro atoms. The van der Waals surface area contributed by atoms with Gasteiger partial charge in [0.25, 0.3) is 5.91 Å². The average molecular weight is 406 g/mol. The summed E-state index contributed by atoms with van der Waals surface area (Å²) in [5.74, 6) is -1.32. The van der Waals surface area contributed by atoms with Crippen molar-refractivity contribution in [3.05, 3.63) is 89.7 Å². The van der Waals surface area contributed by atoms with Gasteiger partial charge < -0.3 is 0 Å². The zero-order chi connectivity index (χ0) is 20.0. The van der Waals surface area contributed by atoms with E-state index in [1.807, 2.05) is 12.1 Å². The summed E-state index contributed by atoms with van der Waals surface area (Å²) in [5, 5.41) is 2.22. The molecule has 6 nitrogen and oxygen atoms in total. The van der Waals surface area contributed by atoms with Crippen LogP contribution < -0.4 is 9.96 Å². The number of fused-ring (bicyclic) bond motifs is 1. The fraction of sp³-hybridized carbons (Fsp3) is 0.136. The molecule has 0 N–H and O–H groups in total. The van der Waals surface area contributed by atoms with Crippen LogP contribution >= 0.6 is 11.6 Å². The number of halogens is 1. The highest BCUT2D eigenvalue weighted by molar-refractivity contribution is 6.30. The number of anilines is 2. The maximum atomic E-state index is 13.4. The van der Waals surface area contributed by atoms with Crippen LogP contribution in [0.4, 0.5) is 11.4 Å². The fourth-order valence-electron chi connectivity index (χ4n) is 3.95. The zero-order valence-electron chi connectivity index (χ0n) is 15.2. The third kappa shape index (κ3) is 2.88. The van der Waals surface area contributed by atoms with Crippen molar-refractivity contribution < 1.29 is 14.4 Å². The molecule has 2 aliphatic heterocycles. The second kappa shape index (κ2) is 6.99. The summed E-state index contributed by atoms with van der Waals surface area (Å²) >= 11 is 6.02. The monoisotopic (exact) mass is 405 g/mol. The third-order valence-corrected chi connectivity index (χ3v) is 5.49. The highest BCUT2D eigenvalue weighted by Gasteiger charge is 2.60. The molecule has 3 atom stereocenters. The minimum absolute atomic E-state index is 0.281. The van der Waals surface area contributed by atoms with Crippen LogP contribution in [0.15, 0.2) is 79.1 Å². The minimum Gasteiger partial charge on any atom is -0.273 e. The number of hydrogen-bond acceptors (Lipinski definition) is 5. The molecule has 29 heavy (non-hydrogen) atoms. The van der Waals surface area contributed by atoms with E-state index >= 15 is 0 Å². The molecule has 2 amide bonds. The molecule has 0 unspecified atom stereocenters. The van der Waals surface area contributed by atoms with Crippen molar-refractivity contribution in [3.63, 3.8) is 0 Å². The van der Waals surface area contributed by atoms with E-state index in [0.717, 1.165) is 5.56 Å². The average Bonchev–Trinajstić information content (AvgIpc) is 3.26. The molecule has 144 valence electrons. The lowest BCUT2D eigenvalue weighted by Crippen LogP contribution is -2.37. The normalized spacial score (nSPS) is 23.6. The summed E-state index contributed by atoms with van der Waals surface area (Å²) in [4.78, 5) is 38.0. The van der Waals surface area contributed by atoms with Gasteiger partial charge in [-0.2, -0.15) is 0 Å². The van der Waals surface area contributed by atoms with Crippen LogP contribution in [-0.2, 0) is 14.4 Å². The van der Waals surface area contributed by atoms with E-state index in [0.29, 0.717) is 16.4 Å². The quantitative estimate of drug-likeness (QED) is 0.620. The van der Waals surface area contributed by atoms with Gasteiger partial charge in [0.15, 0.2) is 6.10 Å². The summed E-state index contributed by atoms with van der Waals surface area (Å²) in [5.41, 5.74) is 2.05. The van der Waals surface area contributed by atoms with Gasteiger partial charge in [-0.1, -0.05) is 35.9 Å². The summed E-state index contributed by atoms with van der Waals surface area (Å²) in [6.07, 6.45) is 2.47. The Bertz CT molecular complexity index is 1060. The van der Waals surface area contributed by atoms with Gasteiger partial charge in [-0.05, 0) is 48.0 Å². The summed E-state index contributed by atoms with van der Waals surface area (Å²) < 4.78 is 0. The van der Waals surface area contributed by atoms with E-state index in [1.54, 1.807) is 72.1 Å². The largest absolute Gasteiger partial charge is 0.273 e. The van der Waals surface area contributed by atoms with Gasteiger partial charge in [0, 0.05) is 17.4 Å². The van der Waals surface area contributed by atoms with Crippen LogP contribution in [0.5, 0.6) is 0 Å². The van der Waals surface area contributed by atoms with Crippen molar-refractivity contribution in [1.29, 1.82) is 0 Å². The van der Waals surface area contributed by atoms with Crippen molar-refractivity contribution in [2.75, 3.05) is 9.96 Å². The number of imide groups is 1. The number of hydrogen-bond donors (Lipinski definition) is 0. The number of carbonyl (C=O) groups is 2. The van der Waals surface area contributed by atoms with Crippen LogP contribution in [0, 0.1) is 5.92 Å². The Kier molecular flexibility index (Phi) is 4.30. The Morgan fingerprint density at radius 2 is 1.62 bits per heavy atom. The van der Waals surface area contributed by atoms with Crippen LogP contribution in [-0.4, -0.2) is 22.9 Å². The lowest BCUT2D eigenvalue weighted by molar-refractivity contribution is -0.126. The minimum atomic E-state index is -0.899. The molecule has 3 heterocycles. The second-order valence-electron chi connectivity index (χ2n) is 6.93. The maximum Gasteiger partial charge on any atom is 0.266 e. The lowest BCUT2D eigenvalue weighted by atomic mass is 9.91. The maximum absolute atomic E-state index is 13.4. The van der Waals surface area contributed by atoms with Crippen LogP contribution in [0.3, 0.4) is 0 Å². The van der Waals surface area contributed by atoms with E-state index in [2.05, 4.69) is 4.98 Å². The van der Waals surface area contributed by atoms with Gasteiger partial charge in [-0.25, -0.2) is 9.96 Å². The molecular weight excluding hydrogens is 390 g/mol. The Morgan fingerprint density at radius 3 is 2.31 bits per heavy atom. The van der Waals surface area contributed by atoms with Crippen LogP contribution in [0.25, 0.3) is 0 Å². The molecular formula is C22H16ClN3O3. The third-order valence-electron chi connectivity index (χ3n) is 5.24. The Labute approximate surface area is 172 Å². The van der Waals surface area contributed by atoms with Gasteiger partial charge in [0.2, 0.25) is 5.91 Å². The second-order valence-corrected chi connectivity index (χ2v) is 7.37. The number of pyridine rings is 1. The predicted octanol–water partition coefficient (Wildman–Crippen LogP) is 3.79. The standard InChI is InChI=1S/C22H16ClN3O3/c23-15-8-10-17(11-9-15)26-19(14-5-4-12-24-13-14)18-20(29-26)22(28)25(21(18)27)16-6-2-1-3-7-16/h1-13,18-20H/t18-,19+,20+/m0/s1. The highest BCUT2D eigenvalue weighted by atomic mass is 35.5. The predicted molar refractivity (Wildman–Crippen MR) is 108 cm³/mol. The first-order valence-electron chi connectivity index (χ1n) is 9.19. The summed E-state index contributed by atoms with van der Waals surface area (Å²) in [6.45, 7) is 0. The SMILES string of the molecule is O=C1[C@H]2[C@@H](c3cccnc3)N(c3ccc(Cl)cc3)O[C@H]2C(=O)N1c1ccccc1. The number of nitrogens with zero attached hydrogens (tertiary/aromatic N) is 3. The van der Waals surface area contributed by atoms with Crippen LogP contribution in [0.1, 0.15) is 11.6 Å². The Balaban J connectivity index is 1.58. The number of amides is 2. The van der Waals surface area contributed by atoms with Crippen molar-refractivity contribution in [1.82, 2.24) is 4.98 Å². The molecule has 3 aromatic rings. The molecule has 2 saturated heterocycles. The van der Waals surface area contributed by atoms with Crippen molar-refractivity contribution >= 4 is 34.8 Å². The smallest absolute Gasteiger partial charge is 0.266 e. The van der Waals surface area contributed by atoms with Crippen molar-refractivity contribution in [2.45, 2.75) is 12.1 Å². The number of carbonyl (C=O) groups excluding carboxylic acids is 2. The van der Waals surface area contributed by atoms with Crippen LogP contribution in [0.2, 0.25) is 5.02 Å². The molecule has 2 fully saturated rings. The molecule has 5 rings (SSSR count). The van der Waals surface area contributed by atoms with Crippen molar-refractivity contribution in [3.8, 4) is 0 Å². The van der Waals surface area contributed by atoms with Gasteiger partial charge >= 0.3 is 0 Å². The molecule has 0 aliphatic carbocycles. The lowest BCUT2D eigenvalue weighted by Gasteiger charge is -2.28.